The van der Waals surface area contributed by atoms with Crippen LogP contribution in [0.25, 0.3) is 0 Å². The molecule has 0 aromatic rings. The van der Waals surface area contributed by atoms with Crippen molar-refractivity contribution in [1.82, 2.24) is 0 Å². The Balaban J connectivity index is 2.66. The fourth-order valence-electron chi connectivity index (χ4n) is 1.71. The van der Waals surface area contributed by atoms with Gasteiger partial charge in [-0.25, -0.2) is 0 Å². The molecule has 0 spiro atoms. The summed E-state index contributed by atoms with van der Waals surface area (Å²) in [7, 11) is 4.49. The lowest BCUT2D eigenvalue weighted by Crippen LogP contribution is -2.43. The predicted molar refractivity (Wildman–Crippen MR) is 50.4 cm³/mol. The average Bonchev–Trinajstić information content (AvgIpc) is 2.51. The van der Waals surface area contributed by atoms with Gasteiger partial charge in [0.05, 0.1) is 6.61 Å². The highest BCUT2D eigenvalue weighted by Crippen LogP contribution is 2.25. The molecular weight excluding hydrogens is 204 g/mol. The summed E-state index contributed by atoms with van der Waals surface area (Å²) < 4.78 is 20.3. The normalized spacial score (nSPS) is 38.2. The third kappa shape index (κ3) is 2.66. The molecule has 0 radical (unpaired) electrons. The number of ether oxygens (including phenoxy) is 4. The predicted octanol–water partition coefficient (Wildman–Crippen LogP) is -1.26. The van der Waals surface area contributed by atoms with Gasteiger partial charge >= 0.3 is 0 Å². The Morgan fingerprint density at radius 1 is 1.27 bits per heavy atom. The van der Waals surface area contributed by atoms with Crippen LogP contribution in [0.2, 0.25) is 0 Å². The highest BCUT2D eigenvalue weighted by atomic mass is 16.7. The third-order valence-electron chi connectivity index (χ3n) is 2.52. The molecule has 0 amide bonds. The lowest BCUT2D eigenvalue weighted by atomic mass is 10.1. The Morgan fingerprint density at radius 3 is 2.40 bits per heavy atom. The number of methoxy groups -OCH3 is 3. The monoisotopic (exact) mass is 222 g/mol. The smallest absolute Gasteiger partial charge is 0.184 e. The van der Waals surface area contributed by atoms with Crippen LogP contribution >= 0.6 is 0 Å². The maximum Gasteiger partial charge on any atom is 0.184 e. The Morgan fingerprint density at radius 2 is 1.93 bits per heavy atom. The maximum atomic E-state index is 9.54. The number of rotatable bonds is 5. The highest BCUT2D eigenvalue weighted by molar-refractivity contribution is 4.91. The third-order valence-corrected chi connectivity index (χ3v) is 2.52. The van der Waals surface area contributed by atoms with Gasteiger partial charge in [-0.1, -0.05) is 0 Å². The summed E-state index contributed by atoms with van der Waals surface area (Å²) in [4.78, 5) is 0. The lowest BCUT2D eigenvalue weighted by molar-refractivity contribution is -0.157. The number of aliphatic hydroxyl groups is 2. The Kier molecular flexibility index (Phi) is 4.91. The second-order valence-electron chi connectivity index (χ2n) is 3.41. The van der Waals surface area contributed by atoms with Crippen molar-refractivity contribution in [2.45, 2.75) is 30.7 Å². The molecule has 2 N–H and O–H groups in total. The Bertz CT molecular complexity index is 187. The van der Waals surface area contributed by atoms with Gasteiger partial charge in [-0.3, -0.25) is 0 Å². The number of aliphatic hydroxyl groups excluding tert-OH is 2. The lowest BCUT2D eigenvalue weighted by Gasteiger charge is -2.25. The Labute approximate surface area is 88.7 Å². The molecule has 1 aliphatic heterocycles. The minimum Gasteiger partial charge on any atom is -0.385 e. The molecule has 1 rings (SSSR count). The van der Waals surface area contributed by atoms with Gasteiger partial charge in [-0.15, -0.1) is 0 Å². The summed E-state index contributed by atoms with van der Waals surface area (Å²) in [5, 5.41) is 18.9. The van der Waals surface area contributed by atoms with Crippen LogP contribution in [0.5, 0.6) is 0 Å². The molecule has 0 saturated carbocycles. The van der Waals surface area contributed by atoms with Crippen LogP contribution in [0.1, 0.15) is 0 Å². The number of hydrogen-bond donors (Lipinski definition) is 2. The molecule has 0 aromatic carbocycles. The van der Waals surface area contributed by atoms with Gasteiger partial charge in [0.15, 0.2) is 6.29 Å². The van der Waals surface area contributed by atoms with Crippen LogP contribution in [0.4, 0.5) is 0 Å². The molecule has 1 heterocycles. The van der Waals surface area contributed by atoms with Crippen LogP contribution in [0.3, 0.4) is 0 Å². The molecule has 6 nitrogen and oxygen atoms in total. The van der Waals surface area contributed by atoms with Crippen LogP contribution in [-0.2, 0) is 18.9 Å². The minimum atomic E-state index is -1.24. The molecule has 15 heavy (non-hydrogen) atoms. The molecular formula is C9H18O6. The first kappa shape index (κ1) is 12.8. The van der Waals surface area contributed by atoms with Gasteiger partial charge in [0.1, 0.15) is 24.4 Å². The van der Waals surface area contributed by atoms with E-state index in [1.54, 1.807) is 0 Å². The van der Waals surface area contributed by atoms with Gasteiger partial charge in [0.2, 0.25) is 0 Å². The van der Waals surface area contributed by atoms with Crippen molar-refractivity contribution in [2.24, 2.45) is 0 Å². The molecule has 1 aliphatic rings. The fraction of sp³-hybridized carbons (Fsp3) is 1.00. The first-order valence-corrected chi connectivity index (χ1v) is 4.71. The number of hydrogen-bond acceptors (Lipinski definition) is 6. The van der Waals surface area contributed by atoms with Crippen LogP contribution in [0, 0.1) is 0 Å². The SMILES string of the molecule is COCC(OC)[C@H]1O[C@@H](O)[C@H](O)[C@H]1OC. The molecule has 1 fully saturated rings. The van der Waals surface area contributed by atoms with E-state index in [0.717, 1.165) is 0 Å². The van der Waals surface area contributed by atoms with Crippen LogP contribution < -0.4 is 0 Å². The van der Waals surface area contributed by atoms with Crippen LogP contribution in [-0.4, -0.2) is 68.9 Å². The summed E-state index contributed by atoms with van der Waals surface area (Å²) in [6.07, 6.45) is -3.83. The molecule has 6 heteroatoms. The van der Waals surface area contributed by atoms with E-state index in [4.69, 9.17) is 18.9 Å². The quantitative estimate of drug-likeness (QED) is 0.604. The average molecular weight is 222 g/mol. The van der Waals surface area contributed by atoms with E-state index in [9.17, 15) is 10.2 Å². The molecule has 0 bridgehead atoms. The largest absolute Gasteiger partial charge is 0.385 e. The molecule has 0 aromatic heterocycles. The summed E-state index contributed by atoms with van der Waals surface area (Å²) in [5.74, 6) is 0. The zero-order chi connectivity index (χ0) is 11.4. The minimum absolute atomic E-state index is 0.306. The molecule has 1 unspecified atom stereocenters. The van der Waals surface area contributed by atoms with E-state index in [-0.39, 0.29) is 6.10 Å². The second-order valence-corrected chi connectivity index (χ2v) is 3.41. The van der Waals surface area contributed by atoms with E-state index in [1.807, 2.05) is 0 Å². The second kappa shape index (κ2) is 5.74. The first-order valence-electron chi connectivity index (χ1n) is 4.71. The first-order chi connectivity index (χ1) is 7.15. The van der Waals surface area contributed by atoms with Crippen molar-refractivity contribution in [2.75, 3.05) is 27.9 Å². The summed E-state index contributed by atoms with van der Waals surface area (Å²) in [6.45, 7) is 0.306. The van der Waals surface area contributed by atoms with Crippen molar-refractivity contribution in [3.63, 3.8) is 0 Å². The van der Waals surface area contributed by atoms with Crippen molar-refractivity contribution < 1.29 is 29.2 Å². The van der Waals surface area contributed by atoms with Crippen molar-refractivity contribution >= 4 is 0 Å². The van der Waals surface area contributed by atoms with Gasteiger partial charge in [-0.2, -0.15) is 0 Å². The zero-order valence-corrected chi connectivity index (χ0v) is 9.12. The van der Waals surface area contributed by atoms with E-state index >= 15 is 0 Å². The van der Waals surface area contributed by atoms with Gasteiger partial charge in [-0.05, 0) is 0 Å². The molecule has 1 saturated heterocycles. The van der Waals surface area contributed by atoms with E-state index in [1.165, 1.54) is 21.3 Å². The highest BCUT2D eigenvalue weighted by Gasteiger charge is 2.47. The summed E-state index contributed by atoms with van der Waals surface area (Å²) >= 11 is 0. The zero-order valence-electron chi connectivity index (χ0n) is 9.12. The standard InChI is InChI=1S/C9H18O6/c1-12-4-5(13-2)7-8(14-3)6(10)9(11)15-7/h5-11H,4H2,1-3H3/t5?,6-,7-,8-,9-/m1/s1. The van der Waals surface area contributed by atoms with E-state index in [0.29, 0.717) is 6.61 Å². The van der Waals surface area contributed by atoms with Gasteiger partial charge in [0.25, 0.3) is 0 Å². The van der Waals surface area contributed by atoms with Crippen molar-refractivity contribution in [3.05, 3.63) is 0 Å². The summed E-state index contributed by atoms with van der Waals surface area (Å²) in [5.41, 5.74) is 0. The van der Waals surface area contributed by atoms with Crippen molar-refractivity contribution in [3.8, 4) is 0 Å². The van der Waals surface area contributed by atoms with E-state index < -0.39 is 24.6 Å². The molecule has 0 aliphatic carbocycles. The Hall–Kier alpha value is -0.240. The van der Waals surface area contributed by atoms with Crippen molar-refractivity contribution in [1.29, 1.82) is 0 Å². The van der Waals surface area contributed by atoms with Gasteiger partial charge in [0, 0.05) is 21.3 Å². The summed E-state index contributed by atoms with van der Waals surface area (Å²) in [6, 6.07) is 0. The topological polar surface area (TPSA) is 77.4 Å². The molecule has 90 valence electrons. The van der Waals surface area contributed by atoms with Gasteiger partial charge < -0.3 is 29.2 Å². The molecule has 5 atom stereocenters. The van der Waals surface area contributed by atoms with E-state index in [2.05, 4.69) is 0 Å². The maximum absolute atomic E-state index is 9.54. The fourth-order valence-corrected chi connectivity index (χ4v) is 1.71. The van der Waals surface area contributed by atoms with Crippen LogP contribution in [0.15, 0.2) is 0 Å².